The van der Waals surface area contributed by atoms with E-state index in [-0.39, 0.29) is 6.04 Å². The Morgan fingerprint density at radius 2 is 2.06 bits per heavy atom. The van der Waals surface area contributed by atoms with Gasteiger partial charge in [-0.15, -0.1) is 0 Å². The summed E-state index contributed by atoms with van der Waals surface area (Å²) in [5.41, 5.74) is 0.135. The van der Waals surface area contributed by atoms with Gasteiger partial charge >= 0.3 is 0 Å². The van der Waals surface area contributed by atoms with Crippen molar-refractivity contribution in [2.45, 2.75) is 31.4 Å². The summed E-state index contributed by atoms with van der Waals surface area (Å²) in [5.74, 6) is 0.818. The van der Waals surface area contributed by atoms with E-state index >= 15 is 0 Å². The first kappa shape index (κ1) is 11.4. The van der Waals surface area contributed by atoms with Crippen molar-refractivity contribution in [1.82, 2.24) is 5.32 Å². The third kappa shape index (κ3) is 2.06. The minimum Gasteiger partial charge on any atom is -0.497 e. The van der Waals surface area contributed by atoms with Crippen LogP contribution in [0.4, 0.5) is 0 Å². The summed E-state index contributed by atoms with van der Waals surface area (Å²) in [6.45, 7) is 2.87. The van der Waals surface area contributed by atoms with Crippen LogP contribution in [0, 0.1) is 0 Å². The first-order valence-electron chi connectivity index (χ1n) is 5.75. The van der Waals surface area contributed by atoms with E-state index in [0.29, 0.717) is 0 Å². The molecule has 3 heteroatoms. The number of methoxy groups -OCH3 is 1. The van der Waals surface area contributed by atoms with E-state index in [0.717, 1.165) is 30.7 Å². The molecule has 2 atom stereocenters. The lowest BCUT2D eigenvalue weighted by atomic mass is 9.87. The van der Waals surface area contributed by atoms with E-state index < -0.39 is 5.60 Å². The Hall–Kier alpha value is -1.06. The molecule has 0 spiro atoms. The number of hydrogen-bond acceptors (Lipinski definition) is 3. The third-order valence-electron chi connectivity index (χ3n) is 3.41. The van der Waals surface area contributed by atoms with Crippen LogP contribution < -0.4 is 10.1 Å². The summed E-state index contributed by atoms with van der Waals surface area (Å²) in [5, 5.41) is 13.9. The van der Waals surface area contributed by atoms with Crippen LogP contribution in [0.3, 0.4) is 0 Å². The summed E-state index contributed by atoms with van der Waals surface area (Å²) < 4.78 is 5.11. The standard InChI is InChI=1S/C13H19NO2/c1-13(15,12-4-3-9-14-12)10-5-7-11(16-2)8-6-10/h5-8,12,14-15H,3-4,9H2,1-2H3/t12-,13-/m0/s1. The molecule has 16 heavy (non-hydrogen) atoms. The number of nitrogens with one attached hydrogen (secondary N) is 1. The van der Waals surface area contributed by atoms with Crippen molar-refractivity contribution in [3.8, 4) is 5.75 Å². The molecule has 1 aliphatic heterocycles. The zero-order valence-electron chi connectivity index (χ0n) is 9.86. The predicted octanol–water partition coefficient (Wildman–Crippen LogP) is 1.65. The van der Waals surface area contributed by atoms with Gasteiger partial charge in [-0.2, -0.15) is 0 Å². The van der Waals surface area contributed by atoms with E-state index in [1.807, 2.05) is 31.2 Å². The zero-order chi connectivity index (χ0) is 11.6. The summed E-state index contributed by atoms with van der Waals surface area (Å²) in [6.07, 6.45) is 2.16. The maximum Gasteiger partial charge on any atom is 0.118 e. The van der Waals surface area contributed by atoms with Crippen molar-refractivity contribution < 1.29 is 9.84 Å². The molecule has 88 valence electrons. The van der Waals surface area contributed by atoms with E-state index in [9.17, 15) is 5.11 Å². The highest BCUT2D eigenvalue weighted by atomic mass is 16.5. The van der Waals surface area contributed by atoms with Crippen LogP contribution in [-0.4, -0.2) is 24.8 Å². The lowest BCUT2D eigenvalue weighted by molar-refractivity contribution is 0.0218. The molecule has 0 aliphatic carbocycles. The van der Waals surface area contributed by atoms with Crippen molar-refractivity contribution in [3.63, 3.8) is 0 Å². The number of aliphatic hydroxyl groups is 1. The maximum atomic E-state index is 10.5. The molecule has 0 aromatic heterocycles. The molecular weight excluding hydrogens is 202 g/mol. The van der Waals surface area contributed by atoms with Gasteiger partial charge in [0.1, 0.15) is 11.4 Å². The van der Waals surface area contributed by atoms with Crippen LogP contribution in [0.2, 0.25) is 0 Å². The minimum absolute atomic E-state index is 0.154. The number of benzene rings is 1. The van der Waals surface area contributed by atoms with Gasteiger partial charge in [0.25, 0.3) is 0 Å². The Bertz CT molecular complexity index is 339. The molecule has 3 nitrogen and oxygen atoms in total. The fraction of sp³-hybridized carbons (Fsp3) is 0.538. The van der Waals surface area contributed by atoms with Crippen LogP contribution >= 0.6 is 0 Å². The van der Waals surface area contributed by atoms with Gasteiger partial charge < -0.3 is 15.2 Å². The van der Waals surface area contributed by atoms with Gasteiger partial charge in [-0.25, -0.2) is 0 Å². The molecule has 2 N–H and O–H groups in total. The molecule has 1 heterocycles. The predicted molar refractivity (Wildman–Crippen MR) is 63.6 cm³/mol. The number of ether oxygens (including phenoxy) is 1. The van der Waals surface area contributed by atoms with E-state index in [1.165, 1.54) is 0 Å². The molecule has 1 fully saturated rings. The van der Waals surface area contributed by atoms with Crippen molar-refractivity contribution in [2.75, 3.05) is 13.7 Å². The SMILES string of the molecule is COc1ccc([C@](C)(O)[C@@H]2CCCN2)cc1. The first-order chi connectivity index (χ1) is 7.64. The summed E-state index contributed by atoms with van der Waals surface area (Å²) in [4.78, 5) is 0. The second-order valence-corrected chi connectivity index (χ2v) is 4.52. The van der Waals surface area contributed by atoms with Gasteiger partial charge in [-0.05, 0) is 44.0 Å². The molecule has 1 aromatic rings. The molecule has 0 amide bonds. The van der Waals surface area contributed by atoms with E-state index in [1.54, 1.807) is 7.11 Å². The quantitative estimate of drug-likeness (QED) is 0.815. The van der Waals surface area contributed by atoms with Gasteiger partial charge in [-0.3, -0.25) is 0 Å². The molecule has 0 bridgehead atoms. The van der Waals surface area contributed by atoms with Gasteiger partial charge in [0.15, 0.2) is 0 Å². The van der Waals surface area contributed by atoms with Gasteiger partial charge in [0, 0.05) is 6.04 Å². The highest BCUT2D eigenvalue weighted by Gasteiger charge is 2.35. The van der Waals surface area contributed by atoms with Crippen LogP contribution in [-0.2, 0) is 5.60 Å². The Morgan fingerprint density at radius 1 is 1.38 bits per heavy atom. The number of hydrogen-bond donors (Lipinski definition) is 2. The van der Waals surface area contributed by atoms with Gasteiger partial charge in [0.2, 0.25) is 0 Å². The molecule has 1 saturated heterocycles. The van der Waals surface area contributed by atoms with Crippen molar-refractivity contribution >= 4 is 0 Å². The summed E-state index contributed by atoms with van der Waals surface area (Å²) >= 11 is 0. The van der Waals surface area contributed by atoms with Gasteiger partial charge in [-0.1, -0.05) is 12.1 Å². The molecule has 0 unspecified atom stereocenters. The van der Waals surface area contributed by atoms with Crippen molar-refractivity contribution in [3.05, 3.63) is 29.8 Å². The molecule has 0 radical (unpaired) electrons. The lowest BCUT2D eigenvalue weighted by Gasteiger charge is -2.30. The molecule has 0 saturated carbocycles. The summed E-state index contributed by atoms with van der Waals surface area (Å²) in [6, 6.07) is 7.79. The average Bonchev–Trinajstić information content (AvgIpc) is 2.83. The Kier molecular flexibility index (Phi) is 3.17. The molecule has 2 rings (SSSR count). The van der Waals surface area contributed by atoms with Crippen LogP contribution in [0.1, 0.15) is 25.3 Å². The topological polar surface area (TPSA) is 41.5 Å². The Morgan fingerprint density at radius 3 is 2.56 bits per heavy atom. The summed E-state index contributed by atoms with van der Waals surface area (Å²) in [7, 11) is 1.64. The first-order valence-corrected chi connectivity index (χ1v) is 5.75. The second-order valence-electron chi connectivity index (χ2n) is 4.52. The normalized spacial score (nSPS) is 24.1. The Balaban J connectivity index is 2.20. The minimum atomic E-state index is -0.803. The second kappa shape index (κ2) is 4.44. The Labute approximate surface area is 96.4 Å². The maximum absolute atomic E-state index is 10.5. The van der Waals surface area contributed by atoms with Crippen LogP contribution in [0.5, 0.6) is 5.75 Å². The average molecular weight is 221 g/mol. The molecule has 1 aromatic carbocycles. The fourth-order valence-corrected chi connectivity index (χ4v) is 2.29. The smallest absolute Gasteiger partial charge is 0.118 e. The highest BCUT2D eigenvalue weighted by Crippen LogP contribution is 2.30. The van der Waals surface area contributed by atoms with Crippen LogP contribution in [0.15, 0.2) is 24.3 Å². The van der Waals surface area contributed by atoms with E-state index in [2.05, 4.69) is 5.32 Å². The van der Waals surface area contributed by atoms with Crippen molar-refractivity contribution in [2.24, 2.45) is 0 Å². The molecule has 1 aliphatic rings. The van der Waals surface area contributed by atoms with Crippen molar-refractivity contribution in [1.29, 1.82) is 0 Å². The van der Waals surface area contributed by atoms with Crippen LogP contribution in [0.25, 0.3) is 0 Å². The third-order valence-corrected chi connectivity index (χ3v) is 3.41. The zero-order valence-corrected chi connectivity index (χ0v) is 9.86. The number of rotatable bonds is 3. The van der Waals surface area contributed by atoms with E-state index in [4.69, 9.17) is 4.74 Å². The lowest BCUT2D eigenvalue weighted by Crippen LogP contribution is -2.42. The van der Waals surface area contributed by atoms with Gasteiger partial charge in [0.05, 0.1) is 7.11 Å². The monoisotopic (exact) mass is 221 g/mol. The fourth-order valence-electron chi connectivity index (χ4n) is 2.29. The molecular formula is C13H19NO2. The largest absolute Gasteiger partial charge is 0.497 e. The highest BCUT2D eigenvalue weighted by molar-refractivity contribution is 5.31.